The Morgan fingerprint density at radius 2 is 2.17 bits per heavy atom. The van der Waals surface area contributed by atoms with Crippen LogP contribution in [0.4, 0.5) is 5.69 Å². The summed E-state index contributed by atoms with van der Waals surface area (Å²) in [4.78, 5) is 10.8. The summed E-state index contributed by atoms with van der Waals surface area (Å²) in [5, 5.41) is 10.6. The van der Waals surface area contributed by atoms with E-state index in [-0.39, 0.29) is 0 Å². The fourth-order valence-electron chi connectivity index (χ4n) is 2.47. The van der Waals surface area contributed by atoms with Crippen molar-refractivity contribution >= 4 is 11.6 Å². The Labute approximate surface area is 143 Å². The molecule has 7 nitrogen and oxygen atoms in total. The maximum Gasteiger partial charge on any atom is 0.191 e. The monoisotopic (exact) mass is 329 g/mol. The van der Waals surface area contributed by atoms with Gasteiger partial charge in [-0.1, -0.05) is 12.1 Å². The summed E-state index contributed by atoms with van der Waals surface area (Å²) < 4.78 is 1.75. The second-order valence-corrected chi connectivity index (χ2v) is 5.57. The van der Waals surface area contributed by atoms with Crippen LogP contribution in [-0.2, 0) is 13.6 Å². The van der Waals surface area contributed by atoms with Gasteiger partial charge in [0.05, 0.1) is 6.54 Å². The molecule has 0 spiro atoms. The molecule has 0 unspecified atom stereocenters. The number of likely N-dealkylation sites (N-methyl/N-ethyl adjacent to an activating group) is 1. The summed E-state index contributed by atoms with van der Waals surface area (Å²) in [5.41, 5.74) is 2.53. The molecule has 2 aromatic rings. The highest BCUT2D eigenvalue weighted by molar-refractivity contribution is 5.79. The first-order valence-corrected chi connectivity index (χ1v) is 8.23. The largest absolute Gasteiger partial charge is 0.370 e. The Morgan fingerprint density at radius 1 is 1.33 bits per heavy atom. The Morgan fingerprint density at radius 3 is 2.79 bits per heavy atom. The predicted molar refractivity (Wildman–Crippen MR) is 98.3 cm³/mol. The second-order valence-electron chi connectivity index (χ2n) is 5.57. The summed E-state index contributed by atoms with van der Waals surface area (Å²) in [6.45, 7) is 7.56. The molecule has 2 rings (SSSR count). The first-order valence-electron chi connectivity index (χ1n) is 8.23. The molecule has 24 heavy (non-hydrogen) atoms. The zero-order chi connectivity index (χ0) is 17.4. The van der Waals surface area contributed by atoms with Gasteiger partial charge in [0.1, 0.15) is 12.2 Å². The number of aromatic nitrogens is 3. The molecule has 7 heteroatoms. The number of hydrogen-bond acceptors (Lipinski definition) is 4. The highest BCUT2D eigenvalue weighted by atomic mass is 15.3. The molecule has 0 aliphatic rings. The number of benzene rings is 1. The van der Waals surface area contributed by atoms with Gasteiger partial charge in [-0.05, 0) is 31.5 Å². The Kier molecular flexibility index (Phi) is 6.60. The van der Waals surface area contributed by atoms with Crippen LogP contribution in [0.5, 0.6) is 0 Å². The van der Waals surface area contributed by atoms with E-state index in [0.29, 0.717) is 6.54 Å². The summed E-state index contributed by atoms with van der Waals surface area (Å²) in [5.74, 6) is 1.63. The van der Waals surface area contributed by atoms with E-state index in [1.165, 1.54) is 11.3 Å². The summed E-state index contributed by atoms with van der Waals surface area (Å²) in [7, 11) is 3.64. The summed E-state index contributed by atoms with van der Waals surface area (Å²) in [6, 6.07) is 8.58. The van der Waals surface area contributed by atoms with Crippen LogP contribution in [0.15, 0.2) is 35.6 Å². The van der Waals surface area contributed by atoms with Gasteiger partial charge in [0.15, 0.2) is 5.96 Å². The lowest BCUT2D eigenvalue weighted by Crippen LogP contribution is -2.41. The van der Waals surface area contributed by atoms with E-state index in [1.54, 1.807) is 18.1 Å². The number of nitrogens with zero attached hydrogens (tertiary/aromatic N) is 5. The van der Waals surface area contributed by atoms with E-state index >= 15 is 0 Å². The van der Waals surface area contributed by atoms with Gasteiger partial charge < -0.3 is 15.5 Å². The minimum absolute atomic E-state index is 0.589. The van der Waals surface area contributed by atoms with Gasteiger partial charge in [-0.25, -0.2) is 4.98 Å². The van der Waals surface area contributed by atoms with Crippen LogP contribution in [0.3, 0.4) is 0 Å². The van der Waals surface area contributed by atoms with Crippen molar-refractivity contribution < 1.29 is 0 Å². The molecule has 0 radical (unpaired) electrons. The topological polar surface area (TPSA) is 70.4 Å². The average Bonchev–Trinajstić information content (AvgIpc) is 2.99. The van der Waals surface area contributed by atoms with E-state index in [0.717, 1.165) is 31.4 Å². The Balaban J connectivity index is 1.81. The molecule has 0 atom stereocenters. The molecule has 130 valence electrons. The number of anilines is 1. The number of guanidine groups is 1. The van der Waals surface area contributed by atoms with Gasteiger partial charge in [-0.3, -0.25) is 9.67 Å². The average molecular weight is 329 g/mol. The van der Waals surface area contributed by atoms with Crippen LogP contribution in [0, 0.1) is 6.92 Å². The van der Waals surface area contributed by atoms with E-state index in [1.807, 2.05) is 7.05 Å². The van der Waals surface area contributed by atoms with Gasteiger partial charge in [0, 0.05) is 39.4 Å². The van der Waals surface area contributed by atoms with Gasteiger partial charge in [-0.2, -0.15) is 5.10 Å². The maximum atomic E-state index is 4.25. The number of aryl methyl sites for hydroxylation is 2. The predicted octanol–water partition coefficient (Wildman–Crippen LogP) is 1.32. The van der Waals surface area contributed by atoms with Gasteiger partial charge in [0.25, 0.3) is 0 Å². The Bertz CT molecular complexity index is 662. The molecule has 1 aromatic heterocycles. The summed E-state index contributed by atoms with van der Waals surface area (Å²) in [6.07, 6.45) is 1.55. The second kappa shape index (κ2) is 8.90. The van der Waals surface area contributed by atoms with Crippen LogP contribution >= 0.6 is 0 Å². The third-order valence-electron chi connectivity index (χ3n) is 3.87. The van der Waals surface area contributed by atoms with Crippen molar-refractivity contribution in [2.24, 2.45) is 12.0 Å². The smallest absolute Gasteiger partial charge is 0.191 e. The molecule has 1 aromatic carbocycles. The standard InChI is InChI=1S/C17H27N7/c1-5-24(15-8-6-7-14(2)11-15)10-9-19-17(18-3)20-12-16-21-13-22-23(16)4/h6-8,11,13H,5,9-10,12H2,1-4H3,(H2,18,19,20). The van der Waals surface area contributed by atoms with Crippen molar-refractivity contribution in [1.82, 2.24) is 25.4 Å². The van der Waals surface area contributed by atoms with E-state index < -0.39 is 0 Å². The first-order chi connectivity index (χ1) is 11.6. The molecule has 1 heterocycles. The van der Waals surface area contributed by atoms with Crippen LogP contribution in [0.25, 0.3) is 0 Å². The van der Waals surface area contributed by atoms with Crippen molar-refractivity contribution in [3.63, 3.8) is 0 Å². The Hall–Kier alpha value is -2.57. The molecule has 0 amide bonds. The highest BCUT2D eigenvalue weighted by Crippen LogP contribution is 2.14. The first kappa shape index (κ1) is 17.8. The van der Waals surface area contributed by atoms with E-state index in [2.05, 4.69) is 68.7 Å². The number of rotatable bonds is 7. The SMILES string of the molecule is CCN(CCNC(=NC)NCc1ncnn1C)c1cccc(C)c1. The minimum Gasteiger partial charge on any atom is -0.370 e. The fourth-order valence-corrected chi connectivity index (χ4v) is 2.47. The van der Waals surface area contributed by atoms with Crippen LogP contribution in [0.1, 0.15) is 18.3 Å². The molecular weight excluding hydrogens is 302 g/mol. The van der Waals surface area contributed by atoms with E-state index in [4.69, 9.17) is 0 Å². The minimum atomic E-state index is 0.589. The summed E-state index contributed by atoms with van der Waals surface area (Å²) >= 11 is 0. The van der Waals surface area contributed by atoms with Crippen LogP contribution < -0.4 is 15.5 Å². The van der Waals surface area contributed by atoms with E-state index in [9.17, 15) is 0 Å². The maximum absolute atomic E-state index is 4.25. The zero-order valence-corrected chi connectivity index (χ0v) is 15.0. The normalized spacial score (nSPS) is 11.4. The molecule has 2 N–H and O–H groups in total. The van der Waals surface area contributed by atoms with Crippen molar-refractivity contribution in [2.75, 3.05) is 31.6 Å². The number of nitrogens with one attached hydrogen (secondary N) is 2. The zero-order valence-electron chi connectivity index (χ0n) is 15.0. The molecule has 0 aliphatic carbocycles. The third-order valence-corrected chi connectivity index (χ3v) is 3.87. The van der Waals surface area contributed by atoms with Gasteiger partial charge in [0.2, 0.25) is 0 Å². The number of aliphatic imine (C=N–C) groups is 1. The van der Waals surface area contributed by atoms with Gasteiger partial charge >= 0.3 is 0 Å². The molecular formula is C17H27N7. The molecule has 0 saturated carbocycles. The molecule has 0 aliphatic heterocycles. The molecule has 0 saturated heterocycles. The number of hydrogen-bond donors (Lipinski definition) is 2. The van der Waals surface area contributed by atoms with Crippen molar-refractivity contribution in [1.29, 1.82) is 0 Å². The lowest BCUT2D eigenvalue weighted by Gasteiger charge is -2.24. The molecule has 0 bridgehead atoms. The van der Waals surface area contributed by atoms with Crippen molar-refractivity contribution in [2.45, 2.75) is 20.4 Å². The lowest BCUT2D eigenvalue weighted by atomic mass is 10.2. The van der Waals surface area contributed by atoms with Crippen molar-refractivity contribution in [3.05, 3.63) is 42.0 Å². The third kappa shape index (κ3) is 4.97. The van der Waals surface area contributed by atoms with Crippen LogP contribution in [-0.4, -0.2) is 47.4 Å². The highest BCUT2D eigenvalue weighted by Gasteiger charge is 2.06. The van der Waals surface area contributed by atoms with Gasteiger partial charge in [-0.15, -0.1) is 0 Å². The van der Waals surface area contributed by atoms with Crippen molar-refractivity contribution in [3.8, 4) is 0 Å². The fraction of sp³-hybridized carbons (Fsp3) is 0.471. The quantitative estimate of drug-likeness (QED) is 0.592. The van der Waals surface area contributed by atoms with Crippen LogP contribution in [0.2, 0.25) is 0 Å². The lowest BCUT2D eigenvalue weighted by molar-refractivity contribution is 0.670. The molecule has 0 fully saturated rings.